The fourth-order valence-electron chi connectivity index (χ4n) is 3.81. The monoisotopic (exact) mass is 317 g/mol. The third-order valence-electron chi connectivity index (χ3n) is 5.39. The molecule has 1 N–H and O–H groups in total. The Kier molecular flexibility index (Phi) is 3.43. The summed E-state index contributed by atoms with van der Waals surface area (Å²) in [6, 6.07) is 0. The van der Waals surface area contributed by atoms with E-state index in [-0.39, 0.29) is 11.8 Å². The van der Waals surface area contributed by atoms with Gasteiger partial charge in [-0.3, -0.25) is 4.79 Å². The van der Waals surface area contributed by atoms with Crippen molar-refractivity contribution in [1.82, 2.24) is 9.97 Å². The molecule has 2 saturated carbocycles. The molecule has 1 aliphatic heterocycles. The van der Waals surface area contributed by atoms with Crippen LogP contribution in [-0.2, 0) is 4.79 Å². The summed E-state index contributed by atoms with van der Waals surface area (Å²) in [4.78, 5) is 23.1. The predicted molar refractivity (Wildman–Crippen MR) is 84.8 cm³/mol. The Hall–Kier alpha value is -1.85. The van der Waals surface area contributed by atoms with Crippen LogP contribution in [0, 0.1) is 24.7 Å². The maximum absolute atomic E-state index is 11.6. The van der Waals surface area contributed by atoms with Gasteiger partial charge in [0.2, 0.25) is 0 Å². The highest BCUT2D eigenvalue weighted by atomic mass is 16.5. The molecule has 3 fully saturated rings. The zero-order valence-electron chi connectivity index (χ0n) is 13.7. The lowest BCUT2D eigenvalue weighted by Gasteiger charge is -2.21. The topological polar surface area (TPSA) is 75.6 Å². The maximum atomic E-state index is 11.6. The smallest absolute Gasteiger partial charge is 0.308 e. The van der Waals surface area contributed by atoms with E-state index in [1.807, 2.05) is 6.92 Å². The fraction of sp³-hybridized carbons (Fsp3) is 0.706. The van der Waals surface area contributed by atoms with Crippen LogP contribution in [0.15, 0.2) is 0 Å². The van der Waals surface area contributed by atoms with Gasteiger partial charge in [0.1, 0.15) is 5.82 Å². The van der Waals surface area contributed by atoms with Crippen LogP contribution in [-0.4, -0.2) is 41.2 Å². The SMILES string of the molecule is COc1c(C)nc(C2CC2)nc1N1C[C@@H](C(=O)O)[C@H](C2CC2)C1. The van der Waals surface area contributed by atoms with Gasteiger partial charge < -0.3 is 14.7 Å². The molecule has 0 unspecified atom stereocenters. The van der Waals surface area contributed by atoms with Crippen molar-refractivity contribution in [3.8, 4) is 5.75 Å². The van der Waals surface area contributed by atoms with Gasteiger partial charge in [-0.05, 0) is 44.4 Å². The van der Waals surface area contributed by atoms with Gasteiger partial charge in [-0.1, -0.05) is 0 Å². The maximum Gasteiger partial charge on any atom is 0.308 e. The fourth-order valence-corrected chi connectivity index (χ4v) is 3.81. The lowest BCUT2D eigenvalue weighted by molar-refractivity contribution is -0.142. The number of nitrogens with zero attached hydrogens (tertiary/aromatic N) is 3. The summed E-state index contributed by atoms with van der Waals surface area (Å²) >= 11 is 0. The minimum Gasteiger partial charge on any atom is -0.491 e. The molecule has 0 amide bonds. The largest absolute Gasteiger partial charge is 0.491 e. The molecule has 2 aliphatic carbocycles. The minimum atomic E-state index is -0.684. The Morgan fingerprint density at radius 3 is 2.52 bits per heavy atom. The molecule has 0 spiro atoms. The summed E-state index contributed by atoms with van der Waals surface area (Å²) in [5.41, 5.74) is 0.848. The van der Waals surface area contributed by atoms with Gasteiger partial charge >= 0.3 is 5.97 Å². The van der Waals surface area contributed by atoms with E-state index in [1.165, 1.54) is 0 Å². The molecule has 0 aromatic carbocycles. The Morgan fingerprint density at radius 2 is 1.96 bits per heavy atom. The summed E-state index contributed by atoms with van der Waals surface area (Å²) in [6.07, 6.45) is 4.62. The number of carbonyl (C=O) groups is 1. The van der Waals surface area contributed by atoms with Crippen molar-refractivity contribution in [1.29, 1.82) is 0 Å². The van der Waals surface area contributed by atoms with E-state index in [0.717, 1.165) is 49.6 Å². The van der Waals surface area contributed by atoms with E-state index in [9.17, 15) is 9.90 Å². The zero-order valence-corrected chi connectivity index (χ0v) is 13.7. The number of hydrogen-bond donors (Lipinski definition) is 1. The number of hydrogen-bond acceptors (Lipinski definition) is 5. The number of carboxylic acids is 1. The number of carboxylic acid groups (broad SMARTS) is 1. The minimum absolute atomic E-state index is 0.233. The molecule has 6 nitrogen and oxygen atoms in total. The second-order valence-corrected chi connectivity index (χ2v) is 7.15. The van der Waals surface area contributed by atoms with Gasteiger partial charge in [0, 0.05) is 19.0 Å². The second-order valence-electron chi connectivity index (χ2n) is 7.15. The number of methoxy groups -OCH3 is 1. The molecule has 23 heavy (non-hydrogen) atoms. The average molecular weight is 317 g/mol. The second kappa shape index (κ2) is 5.35. The van der Waals surface area contributed by atoms with Gasteiger partial charge in [0.25, 0.3) is 0 Å². The number of aromatic nitrogens is 2. The summed E-state index contributed by atoms with van der Waals surface area (Å²) in [7, 11) is 1.63. The normalized spacial score (nSPS) is 27.3. The van der Waals surface area contributed by atoms with Crippen LogP contribution < -0.4 is 9.64 Å². The lowest BCUT2D eigenvalue weighted by Crippen LogP contribution is -2.25. The molecule has 2 heterocycles. The first-order valence-corrected chi connectivity index (χ1v) is 8.48. The Bertz CT molecular complexity index is 640. The van der Waals surface area contributed by atoms with E-state index in [1.54, 1.807) is 7.11 Å². The van der Waals surface area contributed by atoms with Crippen molar-refractivity contribution in [3.63, 3.8) is 0 Å². The molecule has 124 valence electrons. The van der Waals surface area contributed by atoms with Crippen LogP contribution in [0.1, 0.15) is 43.1 Å². The third kappa shape index (κ3) is 2.64. The van der Waals surface area contributed by atoms with Crippen LogP contribution in [0.2, 0.25) is 0 Å². The zero-order chi connectivity index (χ0) is 16.1. The molecule has 1 saturated heterocycles. The van der Waals surface area contributed by atoms with Gasteiger partial charge in [0.15, 0.2) is 11.6 Å². The Balaban J connectivity index is 1.67. The number of aliphatic carboxylic acids is 1. The molecular formula is C17H23N3O3. The quantitative estimate of drug-likeness (QED) is 0.897. The summed E-state index contributed by atoms with van der Waals surface area (Å²) in [6.45, 7) is 3.23. The first kappa shape index (κ1) is 14.7. The highest BCUT2D eigenvalue weighted by Crippen LogP contribution is 2.47. The number of aryl methyl sites for hydroxylation is 1. The molecule has 0 radical (unpaired) electrons. The molecule has 1 aromatic rings. The highest BCUT2D eigenvalue weighted by molar-refractivity contribution is 5.73. The van der Waals surface area contributed by atoms with E-state index >= 15 is 0 Å². The van der Waals surface area contributed by atoms with Crippen LogP contribution in [0.25, 0.3) is 0 Å². The first-order chi connectivity index (χ1) is 11.1. The van der Waals surface area contributed by atoms with E-state index in [4.69, 9.17) is 9.72 Å². The molecule has 6 heteroatoms. The molecule has 1 aromatic heterocycles. The standard InChI is InChI=1S/C17H23N3O3/c1-9-14(23-2)16(19-15(18-9)11-5-6-11)20-7-12(10-3-4-10)13(8-20)17(21)22/h10-13H,3-8H2,1-2H3,(H,21,22)/t12-,13+/m0/s1. The van der Waals surface area contributed by atoms with E-state index in [0.29, 0.717) is 24.1 Å². The highest BCUT2D eigenvalue weighted by Gasteiger charge is 2.46. The van der Waals surface area contributed by atoms with Crippen LogP contribution >= 0.6 is 0 Å². The van der Waals surface area contributed by atoms with Gasteiger partial charge in [0.05, 0.1) is 18.7 Å². The summed E-state index contributed by atoms with van der Waals surface area (Å²) in [5, 5.41) is 9.57. The van der Waals surface area contributed by atoms with Crippen molar-refractivity contribution in [2.75, 3.05) is 25.1 Å². The molecule has 0 bridgehead atoms. The van der Waals surface area contributed by atoms with Crippen molar-refractivity contribution >= 4 is 11.8 Å². The van der Waals surface area contributed by atoms with Gasteiger partial charge in [-0.2, -0.15) is 0 Å². The Morgan fingerprint density at radius 1 is 1.22 bits per heavy atom. The third-order valence-corrected chi connectivity index (χ3v) is 5.39. The lowest BCUT2D eigenvalue weighted by atomic mass is 9.92. The van der Waals surface area contributed by atoms with Gasteiger partial charge in [-0.15, -0.1) is 0 Å². The van der Waals surface area contributed by atoms with Crippen LogP contribution in [0.4, 0.5) is 5.82 Å². The first-order valence-electron chi connectivity index (χ1n) is 8.48. The number of anilines is 1. The molecule has 3 aliphatic rings. The van der Waals surface area contributed by atoms with E-state index in [2.05, 4.69) is 9.88 Å². The van der Waals surface area contributed by atoms with Crippen molar-refractivity contribution in [2.24, 2.45) is 17.8 Å². The van der Waals surface area contributed by atoms with Crippen molar-refractivity contribution in [2.45, 2.75) is 38.5 Å². The molecule has 4 rings (SSSR count). The average Bonchev–Trinajstić information content (AvgIpc) is 3.43. The summed E-state index contributed by atoms with van der Waals surface area (Å²) in [5.74, 6) is 2.65. The predicted octanol–water partition coefficient (Wildman–Crippen LogP) is 2.22. The Labute approximate surface area is 135 Å². The van der Waals surface area contributed by atoms with Crippen molar-refractivity contribution < 1.29 is 14.6 Å². The number of ether oxygens (including phenoxy) is 1. The van der Waals surface area contributed by atoms with Crippen LogP contribution in [0.5, 0.6) is 5.75 Å². The van der Waals surface area contributed by atoms with Gasteiger partial charge in [-0.25, -0.2) is 9.97 Å². The number of rotatable bonds is 5. The molecule has 2 atom stereocenters. The van der Waals surface area contributed by atoms with Crippen LogP contribution in [0.3, 0.4) is 0 Å². The van der Waals surface area contributed by atoms with Crippen molar-refractivity contribution in [3.05, 3.63) is 11.5 Å². The van der Waals surface area contributed by atoms with E-state index < -0.39 is 5.97 Å². The summed E-state index contributed by atoms with van der Waals surface area (Å²) < 4.78 is 5.54. The molecular weight excluding hydrogens is 294 g/mol.